The number of sulfonamides is 1. The van der Waals surface area contributed by atoms with Crippen LogP contribution in [0.1, 0.15) is 16.8 Å². The molecule has 0 saturated heterocycles. The van der Waals surface area contributed by atoms with Gasteiger partial charge in [0.05, 0.1) is 5.56 Å². The minimum Gasteiger partial charge on any atom is -0.268 e. The van der Waals surface area contributed by atoms with Crippen LogP contribution in [-0.4, -0.2) is 30.2 Å². The average Bonchev–Trinajstić information content (AvgIpc) is 2.46. The molecule has 1 aromatic rings. The molecule has 0 unspecified atom stereocenters. The molecule has 5 nitrogen and oxygen atoms in total. The highest BCUT2D eigenvalue weighted by Crippen LogP contribution is 2.27. The van der Waals surface area contributed by atoms with Gasteiger partial charge in [0.2, 0.25) is 0 Å². The third-order valence-corrected chi connectivity index (χ3v) is 3.96. The van der Waals surface area contributed by atoms with E-state index < -0.39 is 15.9 Å². The Hall–Kier alpha value is -1.87. The molecule has 1 aliphatic rings. The van der Waals surface area contributed by atoms with Crippen LogP contribution in [0.5, 0.6) is 0 Å². The Labute approximate surface area is 93.2 Å². The van der Waals surface area contributed by atoms with E-state index in [1.54, 1.807) is 0 Å². The average molecular weight is 236 g/mol. The molecule has 0 spiro atoms. The molecule has 0 fully saturated rings. The molecule has 1 aliphatic heterocycles. The van der Waals surface area contributed by atoms with Crippen LogP contribution >= 0.6 is 0 Å². The minimum atomic E-state index is -3.79. The summed E-state index contributed by atoms with van der Waals surface area (Å²) in [5.41, 5.74) is 0.111. The molecule has 0 bridgehead atoms. The second-order valence-electron chi connectivity index (χ2n) is 3.19. The van der Waals surface area contributed by atoms with Crippen molar-refractivity contribution in [3.8, 4) is 12.3 Å². The Balaban J connectivity index is 2.50. The van der Waals surface area contributed by atoms with Crippen LogP contribution in [0.4, 0.5) is 0 Å². The zero-order valence-electron chi connectivity index (χ0n) is 8.25. The lowest BCUT2D eigenvalue weighted by Crippen LogP contribution is -2.30. The second-order valence-corrected chi connectivity index (χ2v) is 4.97. The van der Waals surface area contributed by atoms with Gasteiger partial charge in [-0.3, -0.25) is 4.79 Å². The van der Waals surface area contributed by atoms with Gasteiger partial charge in [0.15, 0.2) is 5.03 Å². The maximum atomic E-state index is 11.9. The maximum Gasteiger partial charge on any atom is 0.285 e. The molecule has 0 saturated carbocycles. The van der Waals surface area contributed by atoms with Gasteiger partial charge in [-0.25, -0.2) is 9.29 Å². The second kappa shape index (κ2) is 3.61. The third-order valence-electron chi connectivity index (χ3n) is 2.22. The zero-order valence-corrected chi connectivity index (χ0v) is 9.07. The van der Waals surface area contributed by atoms with Gasteiger partial charge in [-0.2, -0.15) is 8.42 Å². The van der Waals surface area contributed by atoms with E-state index in [-0.39, 0.29) is 23.6 Å². The highest BCUT2D eigenvalue weighted by atomic mass is 32.2. The van der Waals surface area contributed by atoms with Gasteiger partial charge < -0.3 is 0 Å². The summed E-state index contributed by atoms with van der Waals surface area (Å²) in [5, 5.41) is -0.183. The summed E-state index contributed by atoms with van der Waals surface area (Å²) in [4.78, 5) is 15.5. The SMILES string of the molecule is C#CCCN1C(=O)c2cccnc2S1(=O)=O. The van der Waals surface area contributed by atoms with Gasteiger partial charge in [0.25, 0.3) is 15.9 Å². The normalized spacial score (nSPS) is 16.9. The lowest BCUT2D eigenvalue weighted by Gasteiger charge is -2.12. The van der Waals surface area contributed by atoms with Crippen molar-refractivity contribution in [1.29, 1.82) is 0 Å². The van der Waals surface area contributed by atoms with Gasteiger partial charge in [-0.15, -0.1) is 12.3 Å². The van der Waals surface area contributed by atoms with Gasteiger partial charge in [0, 0.05) is 19.2 Å². The molecule has 0 atom stereocenters. The number of amides is 1. The first kappa shape index (κ1) is 10.6. The van der Waals surface area contributed by atoms with Gasteiger partial charge in [0.1, 0.15) is 0 Å². The summed E-state index contributed by atoms with van der Waals surface area (Å²) < 4.78 is 24.5. The number of fused-ring (bicyclic) bond motifs is 1. The van der Waals surface area contributed by atoms with Crippen molar-refractivity contribution >= 4 is 15.9 Å². The Morgan fingerprint density at radius 3 is 2.88 bits per heavy atom. The first-order valence-electron chi connectivity index (χ1n) is 4.54. The van der Waals surface area contributed by atoms with Crippen molar-refractivity contribution in [1.82, 2.24) is 9.29 Å². The Morgan fingerprint density at radius 1 is 1.50 bits per heavy atom. The number of carbonyl (C=O) groups is 1. The van der Waals surface area contributed by atoms with Crippen LogP contribution in [0.3, 0.4) is 0 Å². The molecule has 1 amide bonds. The van der Waals surface area contributed by atoms with E-state index in [0.717, 1.165) is 4.31 Å². The van der Waals surface area contributed by atoms with E-state index >= 15 is 0 Å². The number of carbonyl (C=O) groups excluding carboxylic acids is 1. The van der Waals surface area contributed by atoms with Crippen LogP contribution in [0.15, 0.2) is 23.4 Å². The highest BCUT2D eigenvalue weighted by Gasteiger charge is 2.41. The molecule has 2 rings (SSSR count). The van der Waals surface area contributed by atoms with Crippen LogP contribution in [0, 0.1) is 12.3 Å². The minimum absolute atomic E-state index is 0.00593. The van der Waals surface area contributed by atoms with Crippen molar-refractivity contribution in [3.63, 3.8) is 0 Å². The number of hydrogen-bond donors (Lipinski definition) is 0. The van der Waals surface area contributed by atoms with Crippen LogP contribution < -0.4 is 0 Å². The molecule has 6 heteroatoms. The zero-order chi connectivity index (χ0) is 11.8. The summed E-state index contributed by atoms with van der Waals surface area (Å²) >= 11 is 0. The third kappa shape index (κ3) is 1.37. The molecular weight excluding hydrogens is 228 g/mol. The standard InChI is InChI=1S/C10H8N2O3S/c1-2-3-7-12-10(13)8-5-4-6-11-9(8)16(12,14)15/h1,4-6H,3,7H2. The summed E-state index contributed by atoms with van der Waals surface area (Å²) in [6, 6.07) is 2.97. The fourth-order valence-corrected chi connectivity index (χ4v) is 2.98. The summed E-state index contributed by atoms with van der Waals surface area (Å²) in [6.07, 6.45) is 6.58. The number of aromatic nitrogens is 1. The molecule has 2 heterocycles. The van der Waals surface area contributed by atoms with E-state index in [1.165, 1.54) is 18.3 Å². The molecule has 0 aliphatic carbocycles. The van der Waals surface area contributed by atoms with Crippen molar-refractivity contribution in [2.45, 2.75) is 11.4 Å². The molecule has 1 aromatic heterocycles. The van der Waals surface area contributed by atoms with Gasteiger partial charge in [-0.05, 0) is 12.1 Å². The van der Waals surface area contributed by atoms with Crippen molar-refractivity contribution in [2.75, 3.05) is 6.54 Å². The fourth-order valence-electron chi connectivity index (χ4n) is 1.49. The lowest BCUT2D eigenvalue weighted by atomic mass is 10.2. The number of hydrogen-bond acceptors (Lipinski definition) is 4. The Kier molecular flexibility index (Phi) is 2.40. The fraction of sp³-hybridized carbons (Fsp3) is 0.200. The Morgan fingerprint density at radius 2 is 2.25 bits per heavy atom. The topological polar surface area (TPSA) is 67.3 Å². The Bertz CT molecular complexity index is 586. The lowest BCUT2D eigenvalue weighted by molar-refractivity contribution is 0.0873. The van der Waals surface area contributed by atoms with E-state index in [0.29, 0.717) is 0 Å². The van der Waals surface area contributed by atoms with Crippen molar-refractivity contribution < 1.29 is 13.2 Å². The summed E-state index contributed by atoms with van der Waals surface area (Å²) in [7, 11) is -3.79. The summed E-state index contributed by atoms with van der Waals surface area (Å²) in [5.74, 6) is 1.74. The molecule has 16 heavy (non-hydrogen) atoms. The molecule has 0 aromatic carbocycles. The van der Waals surface area contributed by atoms with Crippen LogP contribution in [0.25, 0.3) is 0 Å². The molecule has 0 radical (unpaired) electrons. The van der Waals surface area contributed by atoms with Crippen LogP contribution in [-0.2, 0) is 10.0 Å². The largest absolute Gasteiger partial charge is 0.285 e. The van der Waals surface area contributed by atoms with E-state index in [9.17, 15) is 13.2 Å². The smallest absolute Gasteiger partial charge is 0.268 e. The monoisotopic (exact) mass is 236 g/mol. The maximum absolute atomic E-state index is 11.9. The van der Waals surface area contributed by atoms with E-state index in [4.69, 9.17) is 6.42 Å². The highest BCUT2D eigenvalue weighted by molar-refractivity contribution is 7.90. The van der Waals surface area contributed by atoms with Crippen molar-refractivity contribution in [2.24, 2.45) is 0 Å². The number of pyridine rings is 1. The number of terminal acetylenes is 1. The van der Waals surface area contributed by atoms with E-state index in [2.05, 4.69) is 10.9 Å². The number of rotatable bonds is 2. The molecular formula is C10H8N2O3S. The molecule has 82 valence electrons. The predicted molar refractivity (Wildman–Crippen MR) is 55.9 cm³/mol. The van der Waals surface area contributed by atoms with E-state index in [1.807, 2.05) is 0 Å². The predicted octanol–water partition coefficient (Wildman–Crippen LogP) is 0.249. The summed E-state index contributed by atoms with van der Waals surface area (Å²) in [6.45, 7) is -0.00593. The first-order valence-corrected chi connectivity index (χ1v) is 5.98. The first-order chi connectivity index (χ1) is 7.59. The van der Waals surface area contributed by atoms with Crippen molar-refractivity contribution in [3.05, 3.63) is 23.9 Å². The van der Waals surface area contributed by atoms with Gasteiger partial charge in [-0.1, -0.05) is 0 Å². The number of nitrogens with zero attached hydrogens (tertiary/aromatic N) is 2. The van der Waals surface area contributed by atoms with Crippen LogP contribution in [0.2, 0.25) is 0 Å². The molecule has 0 N–H and O–H groups in total. The quantitative estimate of drug-likeness (QED) is 0.690. The van der Waals surface area contributed by atoms with Gasteiger partial charge >= 0.3 is 0 Å².